The van der Waals surface area contributed by atoms with E-state index in [2.05, 4.69) is 0 Å². The van der Waals surface area contributed by atoms with Crippen LogP contribution >= 0.6 is 0 Å². The molecular formula is C11H18N4O3S. The quantitative estimate of drug-likeness (QED) is 0.634. The second kappa shape index (κ2) is 8.46. The van der Waals surface area contributed by atoms with Gasteiger partial charge in [-0.2, -0.15) is 10.5 Å². The summed E-state index contributed by atoms with van der Waals surface area (Å²) in [6.45, 7) is 0.396. The molecule has 1 atom stereocenters. The summed E-state index contributed by atoms with van der Waals surface area (Å²) in [6.07, 6.45) is 1.41. The summed E-state index contributed by atoms with van der Waals surface area (Å²) in [5.41, 5.74) is 5.65. The van der Waals surface area contributed by atoms with E-state index >= 15 is 0 Å². The van der Waals surface area contributed by atoms with Gasteiger partial charge in [0.15, 0.2) is 0 Å². The lowest BCUT2D eigenvalue weighted by Crippen LogP contribution is -2.45. The third-order valence-electron chi connectivity index (χ3n) is 2.42. The lowest BCUT2D eigenvalue weighted by molar-refractivity contribution is -0.132. The maximum absolute atomic E-state index is 12.0. The normalized spacial score (nSPS) is 12.2. The molecule has 0 spiro atoms. The summed E-state index contributed by atoms with van der Waals surface area (Å²) in [4.78, 5) is 13.3. The smallest absolute Gasteiger partial charge is 0.239 e. The number of hydrogen-bond acceptors (Lipinski definition) is 6. The molecule has 7 nitrogen and oxygen atoms in total. The fourth-order valence-electron chi connectivity index (χ4n) is 1.40. The van der Waals surface area contributed by atoms with Gasteiger partial charge < -0.3 is 10.6 Å². The highest BCUT2D eigenvalue weighted by molar-refractivity contribution is 7.90. The van der Waals surface area contributed by atoms with Crippen LogP contribution < -0.4 is 5.73 Å². The minimum atomic E-state index is -3.17. The second-order valence-corrected chi connectivity index (χ2v) is 6.43. The standard InChI is InChI=1S/C11H18N4O3S/c1-19(17,18)9-4-10(14)11(16)15(7-2-5-12)8-3-6-13/h10H,2-4,7-9,14H2,1H3. The number of nitriles is 2. The van der Waals surface area contributed by atoms with Gasteiger partial charge in [0.2, 0.25) is 5.91 Å². The molecule has 1 unspecified atom stereocenters. The van der Waals surface area contributed by atoms with Gasteiger partial charge in [-0.05, 0) is 6.42 Å². The van der Waals surface area contributed by atoms with E-state index in [0.29, 0.717) is 0 Å². The first-order chi connectivity index (χ1) is 8.81. The minimum Gasteiger partial charge on any atom is -0.339 e. The first-order valence-corrected chi connectivity index (χ1v) is 7.84. The van der Waals surface area contributed by atoms with Crippen LogP contribution in [-0.2, 0) is 14.6 Å². The van der Waals surface area contributed by atoms with Crippen LogP contribution in [0.4, 0.5) is 0 Å². The summed E-state index contributed by atoms with van der Waals surface area (Å²) < 4.78 is 22.0. The van der Waals surface area contributed by atoms with E-state index in [4.69, 9.17) is 16.3 Å². The van der Waals surface area contributed by atoms with Crippen molar-refractivity contribution in [1.29, 1.82) is 10.5 Å². The molecule has 0 radical (unpaired) electrons. The van der Waals surface area contributed by atoms with E-state index in [0.717, 1.165) is 6.26 Å². The number of amides is 1. The highest BCUT2D eigenvalue weighted by atomic mass is 32.2. The first kappa shape index (κ1) is 17.4. The Labute approximate surface area is 113 Å². The van der Waals surface area contributed by atoms with E-state index in [1.807, 2.05) is 12.1 Å². The van der Waals surface area contributed by atoms with Gasteiger partial charge in [-0.15, -0.1) is 0 Å². The molecule has 0 aliphatic rings. The van der Waals surface area contributed by atoms with Crippen LogP contribution in [0, 0.1) is 22.7 Å². The van der Waals surface area contributed by atoms with E-state index < -0.39 is 21.8 Å². The molecule has 8 heteroatoms. The summed E-state index contributed by atoms with van der Waals surface area (Å²) in [5, 5.41) is 17.0. The summed E-state index contributed by atoms with van der Waals surface area (Å²) in [7, 11) is -3.17. The van der Waals surface area contributed by atoms with Crippen molar-refractivity contribution in [2.75, 3.05) is 25.1 Å². The van der Waals surface area contributed by atoms with Crippen molar-refractivity contribution in [1.82, 2.24) is 4.90 Å². The molecular weight excluding hydrogens is 268 g/mol. The van der Waals surface area contributed by atoms with Crippen LogP contribution in [0.15, 0.2) is 0 Å². The Balaban J connectivity index is 4.51. The molecule has 0 aliphatic heterocycles. The predicted octanol–water partition coefficient (Wildman–Crippen LogP) is -0.596. The Morgan fingerprint density at radius 3 is 2.11 bits per heavy atom. The maximum atomic E-state index is 12.0. The van der Waals surface area contributed by atoms with Gasteiger partial charge in [-0.25, -0.2) is 8.42 Å². The first-order valence-electron chi connectivity index (χ1n) is 5.78. The van der Waals surface area contributed by atoms with Crippen LogP contribution in [0.25, 0.3) is 0 Å². The molecule has 0 bridgehead atoms. The zero-order chi connectivity index (χ0) is 14.9. The molecule has 1 amide bonds. The van der Waals surface area contributed by atoms with Gasteiger partial charge in [0, 0.05) is 19.3 Å². The average Bonchev–Trinajstić information content (AvgIpc) is 2.34. The number of nitrogens with two attached hydrogens (primary N) is 1. The molecule has 19 heavy (non-hydrogen) atoms. The van der Waals surface area contributed by atoms with Gasteiger partial charge in [-0.3, -0.25) is 4.79 Å². The molecule has 0 heterocycles. The van der Waals surface area contributed by atoms with E-state index in [1.165, 1.54) is 4.90 Å². The van der Waals surface area contributed by atoms with Crippen molar-refractivity contribution in [3.63, 3.8) is 0 Å². The Bertz CT molecular complexity index is 457. The SMILES string of the molecule is CS(=O)(=O)CCC(N)C(=O)N(CCC#N)CCC#N. The van der Waals surface area contributed by atoms with Gasteiger partial charge >= 0.3 is 0 Å². The third kappa shape index (κ3) is 8.14. The Morgan fingerprint density at radius 2 is 1.74 bits per heavy atom. The van der Waals surface area contributed by atoms with Crippen LogP contribution in [0.3, 0.4) is 0 Å². The summed E-state index contributed by atoms with van der Waals surface area (Å²) in [5.74, 6) is -0.585. The minimum absolute atomic E-state index is 0.0350. The van der Waals surface area contributed by atoms with Crippen LogP contribution in [0.5, 0.6) is 0 Å². The molecule has 0 fully saturated rings. The van der Waals surface area contributed by atoms with Crippen LogP contribution in [-0.4, -0.2) is 50.4 Å². The molecule has 2 N–H and O–H groups in total. The number of hydrogen-bond donors (Lipinski definition) is 1. The number of carbonyl (C=O) groups is 1. The molecule has 0 saturated carbocycles. The Hall–Kier alpha value is -1.64. The van der Waals surface area contributed by atoms with Gasteiger partial charge in [0.1, 0.15) is 9.84 Å². The molecule has 0 aromatic carbocycles. The van der Waals surface area contributed by atoms with Crippen molar-refractivity contribution in [2.45, 2.75) is 25.3 Å². The number of rotatable bonds is 8. The molecule has 0 aromatic rings. The highest BCUT2D eigenvalue weighted by Gasteiger charge is 2.21. The Morgan fingerprint density at radius 1 is 1.26 bits per heavy atom. The zero-order valence-electron chi connectivity index (χ0n) is 10.9. The van der Waals surface area contributed by atoms with Crippen molar-refractivity contribution in [2.24, 2.45) is 5.73 Å². The van der Waals surface area contributed by atoms with Crippen molar-refractivity contribution in [3.8, 4) is 12.1 Å². The average molecular weight is 286 g/mol. The Kier molecular flexibility index (Phi) is 7.73. The van der Waals surface area contributed by atoms with E-state index in [-0.39, 0.29) is 38.1 Å². The van der Waals surface area contributed by atoms with Gasteiger partial charge in [0.25, 0.3) is 0 Å². The molecule has 0 aliphatic carbocycles. The van der Waals surface area contributed by atoms with E-state index in [9.17, 15) is 13.2 Å². The van der Waals surface area contributed by atoms with Gasteiger partial charge in [0.05, 0.1) is 36.8 Å². The topological polar surface area (TPSA) is 128 Å². The molecule has 106 valence electrons. The number of carbonyl (C=O) groups excluding carboxylic acids is 1. The summed E-state index contributed by atoms with van der Waals surface area (Å²) >= 11 is 0. The second-order valence-electron chi connectivity index (χ2n) is 4.17. The summed E-state index contributed by atoms with van der Waals surface area (Å²) in [6, 6.07) is 2.90. The fourth-order valence-corrected chi connectivity index (χ4v) is 2.08. The molecule has 0 aromatic heterocycles. The number of nitrogens with zero attached hydrogens (tertiary/aromatic N) is 3. The van der Waals surface area contributed by atoms with Crippen LogP contribution in [0.1, 0.15) is 19.3 Å². The zero-order valence-corrected chi connectivity index (χ0v) is 11.7. The van der Waals surface area contributed by atoms with Crippen LogP contribution in [0.2, 0.25) is 0 Å². The highest BCUT2D eigenvalue weighted by Crippen LogP contribution is 2.02. The van der Waals surface area contributed by atoms with Crippen molar-refractivity contribution >= 4 is 15.7 Å². The maximum Gasteiger partial charge on any atom is 0.239 e. The fraction of sp³-hybridized carbons (Fsp3) is 0.727. The van der Waals surface area contributed by atoms with Crippen molar-refractivity contribution in [3.05, 3.63) is 0 Å². The van der Waals surface area contributed by atoms with Gasteiger partial charge in [-0.1, -0.05) is 0 Å². The predicted molar refractivity (Wildman–Crippen MR) is 69.3 cm³/mol. The molecule has 0 rings (SSSR count). The number of sulfone groups is 1. The molecule has 0 saturated heterocycles. The van der Waals surface area contributed by atoms with E-state index in [1.54, 1.807) is 0 Å². The largest absolute Gasteiger partial charge is 0.339 e. The third-order valence-corrected chi connectivity index (χ3v) is 3.39. The van der Waals surface area contributed by atoms with Crippen molar-refractivity contribution < 1.29 is 13.2 Å². The monoisotopic (exact) mass is 286 g/mol. The lowest BCUT2D eigenvalue weighted by Gasteiger charge is -2.23. The lowest BCUT2D eigenvalue weighted by atomic mass is 10.2.